The summed E-state index contributed by atoms with van der Waals surface area (Å²) in [5.74, 6) is 0.600. The number of piperazine rings is 1. The van der Waals surface area contributed by atoms with Crippen LogP contribution >= 0.6 is 0 Å². The molecule has 0 N–H and O–H groups in total. The van der Waals surface area contributed by atoms with Crippen LogP contribution in [-0.4, -0.2) is 57.8 Å². The number of pyridine rings is 2. The molecule has 160 valence electrons. The average molecular weight is 420 g/mol. The summed E-state index contributed by atoms with van der Waals surface area (Å²) in [6.07, 6.45) is 6.38. The molecular weight excluding hydrogens is 393 g/mol. The van der Waals surface area contributed by atoms with Crippen molar-refractivity contribution < 1.29 is 9.18 Å². The molecule has 0 saturated carbocycles. The first kappa shape index (κ1) is 19.9. The number of aromatic nitrogens is 3. The van der Waals surface area contributed by atoms with Gasteiger partial charge in [-0.05, 0) is 55.3 Å². The summed E-state index contributed by atoms with van der Waals surface area (Å²) in [5.41, 5.74) is 3.93. The van der Waals surface area contributed by atoms with E-state index < -0.39 is 0 Å². The fraction of sp³-hybridized carbons (Fsp3) is 0.375. The van der Waals surface area contributed by atoms with Crippen LogP contribution in [0.15, 0.2) is 30.6 Å². The highest BCUT2D eigenvalue weighted by Crippen LogP contribution is 2.28. The summed E-state index contributed by atoms with van der Waals surface area (Å²) in [7, 11) is 0. The summed E-state index contributed by atoms with van der Waals surface area (Å²) in [5, 5.41) is 0. The van der Waals surface area contributed by atoms with Crippen LogP contribution in [0, 0.1) is 12.7 Å². The minimum Gasteiger partial charge on any atom is -0.354 e. The van der Waals surface area contributed by atoms with Gasteiger partial charge in [0, 0.05) is 50.6 Å². The molecule has 6 nitrogen and oxygen atoms in total. The van der Waals surface area contributed by atoms with Gasteiger partial charge in [0.1, 0.15) is 5.82 Å². The Morgan fingerprint density at radius 3 is 2.65 bits per heavy atom. The summed E-state index contributed by atoms with van der Waals surface area (Å²) in [6.45, 7) is 9.12. The van der Waals surface area contributed by atoms with Gasteiger partial charge in [-0.15, -0.1) is 0 Å². The van der Waals surface area contributed by atoms with E-state index in [1.807, 2.05) is 31.3 Å². The van der Waals surface area contributed by atoms with Gasteiger partial charge in [-0.2, -0.15) is 0 Å². The maximum Gasteiger partial charge on any atom is 0.173 e. The number of rotatable bonds is 3. The summed E-state index contributed by atoms with van der Waals surface area (Å²) in [6, 6.07) is 5.54. The number of Topliss-reactive ketones (excluding diaryl/α,β-unsaturated/α-hetero) is 1. The van der Waals surface area contributed by atoms with Gasteiger partial charge in [-0.3, -0.25) is 4.79 Å². The predicted molar refractivity (Wildman–Crippen MR) is 120 cm³/mol. The van der Waals surface area contributed by atoms with Crippen molar-refractivity contribution in [3.63, 3.8) is 0 Å². The molecule has 2 aliphatic rings. The van der Waals surface area contributed by atoms with Gasteiger partial charge in [-0.25, -0.2) is 14.4 Å². The zero-order valence-corrected chi connectivity index (χ0v) is 17.9. The second-order valence-electron chi connectivity index (χ2n) is 8.33. The van der Waals surface area contributed by atoms with Crippen LogP contribution in [0.3, 0.4) is 0 Å². The number of carbonyl (C=O) groups is 1. The van der Waals surface area contributed by atoms with Gasteiger partial charge in [-0.1, -0.05) is 6.92 Å². The lowest BCUT2D eigenvalue weighted by molar-refractivity contribution is -0.113. The van der Waals surface area contributed by atoms with Crippen LogP contribution in [0.2, 0.25) is 0 Å². The molecule has 0 atom stereocenters. The third-order valence-electron chi connectivity index (χ3n) is 6.25. The van der Waals surface area contributed by atoms with E-state index in [9.17, 15) is 9.18 Å². The number of ketones is 1. The predicted octanol–water partition coefficient (Wildman–Crippen LogP) is 3.37. The minimum absolute atomic E-state index is 0.0108. The molecule has 1 aliphatic carbocycles. The van der Waals surface area contributed by atoms with E-state index in [0.717, 1.165) is 55.4 Å². The minimum atomic E-state index is -0.386. The summed E-state index contributed by atoms with van der Waals surface area (Å²) >= 11 is 0. The number of hydrogen-bond donors (Lipinski definition) is 0. The topological polar surface area (TPSA) is 53.7 Å². The van der Waals surface area contributed by atoms with Crippen LogP contribution in [0.1, 0.15) is 35.9 Å². The number of likely N-dealkylation sites (N-methyl/N-ethyl adjacent to an activating group) is 1. The molecule has 0 unspecified atom stereocenters. The fourth-order valence-electron chi connectivity index (χ4n) is 4.44. The first-order chi connectivity index (χ1) is 15.0. The molecule has 4 heterocycles. The van der Waals surface area contributed by atoms with Gasteiger partial charge < -0.3 is 14.2 Å². The monoisotopic (exact) mass is 419 g/mol. The maximum atomic E-state index is 14.3. The molecule has 0 bridgehead atoms. The smallest absolute Gasteiger partial charge is 0.173 e. The standard InChI is InChI=1S/C24H26FN5O/c1-3-28-8-10-29(11-9-28)23-7-4-17-13-18(22(31)6-5-20(17)26-23)21-15-30-14-16(2)12-19(25)24(30)27-21/h4,7,12-15H,3,5-6,8-11H2,1-2H3. The molecule has 0 amide bonds. The molecule has 1 saturated heterocycles. The van der Waals surface area contributed by atoms with E-state index in [2.05, 4.69) is 21.7 Å². The molecule has 1 fully saturated rings. The van der Waals surface area contributed by atoms with Gasteiger partial charge >= 0.3 is 0 Å². The Bertz CT molecular complexity index is 1190. The lowest BCUT2D eigenvalue weighted by Crippen LogP contribution is -2.46. The highest BCUT2D eigenvalue weighted by Gasteiger charge is 2.23. The number of halogens is 1. The number of allylic oxidation sites excluding steroid dienone is 1. The van der Waals surface area contributed by atoms with E-state index in [4.69, 9.17) is 4.98 Å². The van der Waals surface area contributed by atoms with E-state index >= 15 is 0 Å². The zero-order chi connectivity index (χ0) is 21.5. The maximum absolute atomic E-state index is 14.3. The SMILES string of the molecule is CCN1CCN(c2ccc3c(n2)CCC(=O)C(c2cn4cc(C)cc(F)c4n2)=C3)CC1. The first-order valence-electron chi connectivity index (χ1n) is 10.9. The van der Waals surface area contributed by atoms with E-state index in [-0.39, 0.29) is 17.2 Å². The van der Waals surface area contributed by atoms with E-state index in [1.165, 1.54) is 6.07 Å². The third-order valence-corrected chi connectivity index (χ3v) is 6.25. The Balaban J connectivity index is 1.48. The number of imidazole rings is 1. The van der Waals surface area contributed by atoms with E-state index in [0.29, 0.717) is 24.1 Å². The second kappa shape index (κ2) is 7.89. The zero-order valence-electron chi connectivity index (χ0n) is 17.9. The third kappa shape index (κ3) is 3.74. The van der Waals surface area contributed by atoms with Crippen LogP contribution in [0.4, 0.5) is 10.2 Å². The van der Waals surface area contributed by atoms with Crippen molar-refractivity contribution in [2.24, 2.45) is 0 Å². The molecule has 31 heavy (non-hydrogen) atoms. The lowest BCUT2D eigenvalue weighted by Gasteiger charge is -2.35. The van der Waals surface area contributed by atoms with Crippen molar-refractivity contribution in [3.8, 4) is 0 Å². The molecule has 3 aromatic rings. The van der Waals surface area contributed by atoms with Gasteiger partial charge in [0.25, 0.3) is 0 Å². The average Bonchev–Trinajstić information content (AvgIpc) is 3.12. The van der Waals surface area contributed by atoms with Crippen LogP contribution in [0.5, 0.6) is 0 Å². The normalized spacial score (nSPS) is 17.6. The fourth-order valence-corrected chi connectivity index (χ4v) is 4.44. The Kier molecular flexibility index (Phi) is 5.06. The molecule has 7 heteroatoms. The van der Waals surface area contributed by atoms with Crippen LogP contribution < -0.4 is 4.90 Å². The van der Waals surface area contributed by atoms with Crippen molar-refractivity contribution in [1.29, 1.82) is 0 Å². The second-order valence-corrected chi connectivity index (χ2v) is 8.33. The van der Waals surface area contributed by atoms with Crippen molar-refractivity contribution in [1.82, 2.24) is 19.3 Å². The highest BCUT2D eigenvalue weighted by atomic mass is 19.1. The number of carbonyl (C=O) groups excluding carboxylic acids is 1. The summed E-state index contributed by atoms with van der Waals surface area (Å²) < 4.78 is 16.0. The van der Waals surface area contributed by atoms with E-state index in [1.54, 1.807) is 10.6 Å². The van der Waals surface area contributed by atoms with Crippen molar-refractivity contribution in [2.45, 2.75) is 26.7 Å². The number of nitrogens with zero attached hydrogens (tertiary/aromatic N) is 5. The number of fused-ring (bicyclic) bond motifs is 2. The van der Waals surface area contributed by atoms with Crippen molar-refractivity contribution in [3.05, 3.63) is 58.9 Å². The number of hydrogen-bond acceptors (Lipinski definition) is 5. The largest absolute Gasteiger partial charge is 0.354 e. The molecule has 3 aromatic heterocycles. The Morgan fingerprint density at radius 1 is 1.06 bits per heavy atom. The Labute approximate surface area is 181 Å². The quantitative estimate of drug-likeness (QED) is 0.652. The van der Waals surface area contributed by atoms with Crippen molar-refractivity contribution >= 4 is 28.9 Å². The number of aryl methyl sites for hydroxylation is 2. The Hall–Kier alpha value is -3.06. The van der Waals surface area contributed by atoms with Crippen LogP contribution in [0.25, 0.3) is 17.3 Å². The molecule has 0 spiro atoms. The molecule has 0 radical (unpaired) electrons. The molecule has 0 aromatic carbocycles. The Morgan fingerprint density at radius 2 is 1.87 bits per heavy atom. The number of anilines is 1. The van der Waals surface area contributed by atoms with Gasteiger partial charge in [0.2, 0.25) is 0 Å². The first-order valence-corrected chi connectivity index (χ1v) is 10.9. The molecule has 5 rings (SSSR count). The van der Waals surface area contributed by atoms with Gasteiger partial charge in [0.15, 0.2) is 17.2 Å². The van der Waals surface area contributed by atoms with Crippen molar-refractivity contribution in [2.75, 3.05) is 37.6 Å². The van der Waals surface area contributed by atoms with Crippen LogP contribution in [-0.2, 0) is 11.2 Å². The highest BCUT2D eigenvalue weighted by molar-refractivity contribution is 6.25. The van der Waals surface area contributed by atoms with Gasteiger partial charge in [0.05, 0.1) is 11.4 Å². The summed E-state index contributed by atoms with van der Waals surface area (Å²) in [4.78, 5) is 27.0. The molecule has 1 aliphatic heterocycles. The lowest BCUT2D eigenvalue weighted by atomic mass is 10.1. The molecular formula is C24H26FN5O.